The highest BCUT2D eigenvalue weighted by Crippen LogP contribution is 2.47. The Morgan fingerprint density at radius 3 is 1.25 bits per heavy atom. The molecule has 0 bridgehead atoms. The molecule has 4 nitrogen and oxygen atoms in total. The Bertz CT molecular complexity index is 3390. The highest BCUT2D eigenvalue weighted by molar-refractivity contribution is 6.16. The number of para-hydroxylation sites is 1. The highest BCUT2D eigenvalue weighted by atomic mass is 16.3. The van der Waals surface area contributed by atoms with Crippen molar-refractivity contribution < 1.29 is 4.42 Å². The van der Waals surface area contributed by atoms with Crippen molar-refractivity contribution in [3.63, 3.8) is 0 Å². The number of fused-ring (bicyclic) bond motifs is 9. The van der Waals surface area contributed by atoms with E-state index in [-0.39, 0.29) is 21.7 Å². The number of benzene rings is 7. The molecule has 0 saturated carbocycles. The number of aromatic nitrogens is 2. The normalized spacial score (nSPS) is 13.1. The summed E-state index contributed by atoms with van der Waals surface area (Å²) in [6.45, 7) is 27.3. The number of furan rings is 1. The summed E-state index contributed by atoms with van der Waals surface area (Å²) in [5.74, 6) is 0. The maximum absolute atomic E-state index is 11.7. The minimum atomic E-state index is -0.0579. The summed E-state index contributed by atoms with van der Waals surface area (Å²) >= 11 is 0. The molecule has 0 N–H and O–H groups in total. The third kappa shape index (κ3) is 6.38. The summed E-state index contributed by atoms with van der Waals surface area (Å²) < 4.78 is 11.8. The van der Waals surface area contributed by atoms with Gasteiger partial charge in [0.1, 0.15) is 17.2 Å². The van der Waals surface area contributed by atoms with E-state index in [9.17, 15) is 5.26 Å². The fourth-order valence-corrected chi connectivity index (χ4v) is 9.67. The van der Waals surface area contributed by atoms with Crippen LogP contribution < -0.4 is 0 Å². The molecule has 0 radical (unpaired) electrons. The van der Waals surface area contributed by atoms with Crippen molar-refractivity contribution in [2.75, 3.05) is 0 Å². The molecule has 0 atom stereocenters. The van der Waals surface area contributed by atoms with Crippen molar-refractivity contribution in [3.8, 4) is 28.6 Å². The number of nitrogens with zero attached hydrogens (tertiary/aromatic N) is 3. The lowest BCUT2D eigenvalue weighted by atomic mass is 9.85. The minimum Gasteiger partial charge on any atom is -0.454 e. The number of hydrogen-bond donors (Lipinski definition) is 0. The van der Waals surface area contributed by atoms with Gasteiger partial charge in [0, 0.05) is 37.9 Å². The lowest BCUT2D eigenvalue weighted by molar-refractivity contribution is 0.590. The molecule has 10 aromatic rings. The smallest absolute Gasteiger partial charge is 0.155 e. The van der Waals surface area contributed by atoms with E-state index < -0.39 is 0 Å². The molecular formula is C59H57N3O. The second kappa shape index (κ2) is 13.7. The molecule has 0 fully saturated rings. The van der Waals surface area contributed by atoms with Crippen LogP contribution in [0.3, 0.4) is 0 Å². The van der Waals surface area contributed by atoms with Crippen molar-refractivity contribution in [1.29, 1.82) is 5.26 Å². The molecule has 0 aliphatic heterocycles. The van der Waals surface area contributed by atoms with Gasteiger partial charge in [-0.05, 0) is 104 Å². The summed E-state index contributed by atoms with van der Waals surface area (Å²) in [4.78, 5) is 0. The van der Waals surface area contributed by atoms with Gasteiger partial charge in [0.25, 0.3) is 0 Å². The summed E-state index contributed by atoms with van der Waals surface area (Å²) in [5.41, 5.74) is 14.8. The van der Waals surface area contributed by atoms with Crippen molar-refractivity contribution in [3.05, 3.63) is 155 Å². The number of nitriles is 1. The lowest BCUT2D eigenvalue weighted by Crippen LogP contribution is -2.11. The average molecular weight is 824 g/mol. The van der Waals surface area contributed by atoms with Crippen molar-refractivity contribution in [2.45, 2.75) is 105 Å². The fraction of sp³-hybridized carbons (Fsp3) is 0.271. The Morgan fingerprint density at radius 2 is 0.841 bits per heavy atom. The molecule has 0 aliphatic rings. The van der Waals surface area contributed by atoms with Crippen LogP contribution in [0.2, 0.25) is 0 Å². The monoisotopic (exact) mass is 823 g/mol. The summed E-state index contributed by atoms with van der Waals surface area (Å²) in [6, 6.07) is 49.6. The first-order chi connectivity index (χ1) is 29.7. The quantitative estimate of drug-likeness (QED) is 0.178. The van der Waals surface area contributed by atoms with Crippen LogP contribution in [-0.4, -0.2) is 9.13 Å². The topological polar surface area (TPSA) is 46.8 Å². The van der Waals surface area contributed by atoms with Crippen LogP contribution in [-0.2, 0) is 21.7 Å². The first-order valence-electron chi connectivity index (χ1n) is 22.4. The van der Waals surface area contributed by atoms with Gasteiger partial charge in [0.15, 0.2) is 5.58 Å². The third-order valence-corrected chi connectivity index (χ3v) is 13.4. The third-order valence-electron chi connectivity index (χ3n) is 13.4. The van der Waals surface area contributed by atoms with Crippen molar-refractivity contribution >= 4 is 65.6 Å². The van der Waals surface area contributed by atoms with Gasteiger partial charge in [0.05, 0.1) is 33.4 Å². The van der Waals surface area contributed by atoms with Crippen LogP contribution >= 0.6 is 0 Å². The van der Waals surface area contributed by atoms with Gasteiger partial charge in [-0.25, -0.2) is 0 Å². The predicted octanol–water partition coefficient (Wildman–Crippen LogP) is 16.5. The van der Waals surface area contributed by atoms with E-state index >= 15 is 0 Å². The van der Waals surface area contributed by atoms with Crippen LogP contribution in [0, 0.1) is 11.3 Å². The highest BCUT2D eigenvalue weighted by Gasteiger charge is 2.29. The molecule has 0 amide bonds. The molecule has 3 heterocycles. The van der Waals surface area contributed by atoms with Crippen molar-refractivity contribution in [1.82, 2.24) is 9.13 Å². The standard InChI is InChI=1S/C59H57N3O/c1-56(2,3)36-21-25-48-42(29-36)43-30-37(57(4,5)6)22-26-49(43)61(48)52-33-46-41-20-16-19-40(35-17-14-13-15-18-35)54(41)63-55(46)47(34-60)53(52)62-50-27-23-38(58(7,8)9)31-44(50)45-32-39(59(10,11)12)24-28-51(45)62/h13-33H,1-12H3. The van der Waals surface area contributed by atoms with E-state index in [1.54, 1.807) is 0 Å². The average Bonchev–Trinajstić information content (AvgIpc) is 3.88. The van der Waals surface area contributed by atoms with Crippen LogP contribution in [0.15, 0.2) is 132 Å². The van der Waals surface area contributed by atoms with Crippen LogP contribution in [0.4, 0.5) is 0 Å². The van der Waals surface area contributed by atoms with E-state index in [2.05, 4.69) is 220 Å². The number of rotatable bonds is 3. The van der Waals surface area contributed by atoms with E-state index in [0.717, 1.165) is 60.9 Å². The zero-order valence-electron chi connectivity index (χ0n) is 38.9. The molecule has 0 aliphatic carbocycles. The Balaban J connectivity index is 1.43. The van der Waals surface area contributed by atoms with Gasteiger partial charge in [-0.1, -0.05) is 156 Å². The minimum absolute atomic E-state index is 0.0464. The Kier molecular flexibility index (Phi) is 8.82. The van der Waals surface area contributed by atoms with Crippen LogP contribution in [0.1, 0.15) is 111 Å². The Morgan fingerprint density at radius 1 is 0.413 bits per heavy atom. The second-order valence-corrected chi connectivity index (χ2v) is 21.9. The molecular weight excluding hydrogens is 767 g/mol. The largest absolute Gasteiger partial charge is 0.454 e. The lowest BCUT2D eigenvalue weighted by Gasteiger charge is -2.21. The maximum atomic E-state index is 11.7. The number of hydrogen-bond acceptors (Lipinski definition) is 2. The van der Waals surface area contributed by atoms with Crippen LogP contribution in [0.5, 0.6) is 0 Å². The fourth-order valence-electron chi connectivity index (χ4n) is 9.67. The molecule has 63 heavy (non-hydrogen) atoms. The molecule has 0 unspecified atom stereocenters. The molecule has 10 rings (SSSR count). The van der Waals surface area contributed by atoms with Gasteiger partial charge in [-0.15, -0.1) is 0 Å². The van der Waals surface area contributed by atoms with E-state index in [0.29, 0.717) is 11.1 Å². The summed E-state index contributed by atoms with van der Waals surface area (Å²) in [5, 5.41) is 18.4. The van der Waals surface area contributed by atoms with E-state index in [4.69, 9.17) is 4.42 Å². The Labute approximate surface area is 371 Å². The zero-order valence-corrected chi connectivity index (χ0v) is 38.9. The van der Waals surface area contributed by atoms with Gasteiger partial charge in [0.2, 0.25) is 0 Å². The van der Waals surface area contributed by atoms with Gasteiger partial charge >= 0.3 is 0 Å². The van der Waals surface area contributed by atoms with Gasteiger partial charge in [-0.2, -0.15) is 5.26 Å². The van der Waals surface area contributed by atoms with Crippen molar-refractivity contribution in [2.24, 2.45) is 0 Å². The summed E-state index contributed by atoms with van der Waals surface area (Å²) in [7, 11) is 0. The Hall–Kier alpha value is -6.57. The molecule has 7 aromatic carbocycles. The predicted molar refractivity (Wildman–Crippen MR) is 267 cm³/mol. The van der Waals surface area contributed by atoms with Gasteiger partial charge in [-0.3, -0.25) is 0 Å². The van der Waals surface area contributed by atoms with Gasteiger partial charge < -0.3 is 13.6 Å². The summed E-state index contributed by atoms with van der Waals surface area (Å²) in [6.07, 6.45) is 0. The van der Waals surface area contributed by atoms with E-state index in [1.807, 2.05) is 6.07 Å². The van der Waals surface area contributed by atoms with E-state index in [1.165, 1.54) is 43.8 Å². The first kappa shape index (κ1) is 40.5. The maximum Gasteiger partial charge on any atom is 0.155 e. The second-order valence-electron chi connectivity index (χ2n) is 21.9. The zero-order chi connectivity index (χ0) is 44.5. The molecule has 4 heteroatoms. The molecule has 3 aromatic heterocycles. The van der Waals surface area contributed by atoms with Crippen LogP contribution in [0.25, 0.3) is 88.1 Å². The first-order valence-corrected chi connectivity index (χ1v) is 22.4. The SMILES string of the molecule is CC(C)(C)c1ccc2c(c1)c1cc(C(C)(C)C)ccc1n2-c1cc2c(oc3c(-c4ccccc4)cccc32)c(C#N)c1-n1c2ccc(C(C)(C)C)cc2c2cc(C(C)(C)C)ccc21. The molecule has 314 valence electrons. The molecule has 0 spiro atoms. The molecule has 0 saturated heterocycles.